The summed E-state index contributed by atoms with van der Waals surface area (Å²) in [5.74, 6) is 0. The topological polar surface area (TPSA) is 41.8 Å². The number of hydrogen-bond acceptors (Lipinski definition) is 2. The molecule has 102 valence electrons. The molecule has 0 bridgehead atoms. The first-order valence-corrected chi connectivity index (χ1v) is 7.70. The van der Waals surface area contributed by atoms with Crippen LogP contribution in [0.25, 0.3) is 10.9 Å². The van der Waals surface area contributed by atoms with Crippen LogP contribution < -0.4 is 5.73 Å². The summed E-state index contributed by atoms with van der Waals surface area (Å²) in [6.07, 6.45) is 2.93. The van der Waals surface area contributed by atoms with E-state index in [1.165, 1.54) is 20.7 Å². The predicted octanol–water partition coefficient (Wildman–Crippen LogP) is 4.47. The molecule has 0 aliphatic rings. The minimum Gasteiger partial charge on any atom is -0.360 e. The van der Waals surface area contributed by atoms with Crippen LogP contribution in [0.4, 0.5) is 0 Å². The first-order chi connectivity index (χ1) is 9.78. The summed E-state index contributed by atoms with van der Waals surface area (Å²) in [4.78, 5) is 5.74. The van der Waals surface area contributed by atoms with Gasteiger partial charge in [-0.05, 0) is 36.7 Å². The van der Waals surface area contributed by atoms with Gasteiger partial charge < -0.3 is 10.7 Å². The molecule has 0 spiro atoms. The maximum atomic E-state index is 6.01. The number of H-pyrrole nitrogens is 1. The number of halogens is 1. The summed E-state index contributed by atoms with van der Waals surface area (Å²) in [7, 11) is 0. The Balaban J connectivity index is 1.97. The van der Waals surface area contributed by atoms with Gasteiger partial charge in [0.15, 0.2) is 0 Å². The van der Waals surface area contributed by atoms with Crippen LogP contribution in [0.3, 0.4) is 0 Å². The molecule has 0 saturated heterocycles. The van der Waals surface area contributed by atoms with E-state index in [0.29, 0.717) is 6.54 Å². The van der Waals surface area contributed by atoms with Crippen LogP contribution in [0.2, 0.25) is 5.02 Å². The molecule has 0 unspecified atom stereocenters. The lowest BCUT2D eigenvalue weighted by Crippen LogP contribution is -2.03. The molecule has 20 heavy (non-hydrogen) atoms. The highest BCUT2D eigenvalue weighted by Gasteiger charge is 2.08. The number of nitrogens with one attached hydrogen (secondary N) is 1. The second-order valence-electron chi connectivity index (χ2n) is 4.59. The molecule has 3 rings (SSSR count). The van der Waals surface area contributed by atoms with Crippen molar-refractivity contribution in [1.29, 1.82) is 0 Å². The van der Waals surface area contributed by atoms with E-state index in [1.54, 1.807) is 11.8 Å². The van der Waals surface area contributed by atoms with Crippen molar-refractivity contribution in [2.75, 3.05) is 6.54 Å². The molecule has 0 radical (unpaired) electrons. The number of fused-ring (bicyclic) bond motifs is 1. The van der Waals surface area contributed by atoms with E-state index in [9.17, 15) is 0 Å². The summed E-state index contributed by atoms with van der Waals surface area (Å²) in [5.41, 5.74) is 8.04. The van der Waals surface area contributed by atoms with Crippen LogP contribution in [0.1, 0.15) is 5.56 Å². The minimum atomic E-state index is 0.668. The predicted molar refractivity (Wildman–Crippen MR) is 86.6 cm³/mol. The molecule has 1 aromatic heterocycles. The zero-order valence-corrected chi connectivity index (χ0v) is 12.5. The third-order valence-electron chi connectivity index (χ3n) is 3.21. The van der Waals surface area contributed by atoms with Crippen molar-refractivity contribution in [1.82, 2.24) is 4.98 Å². The van der Waals surface area contributed by atoms with Crippen molar-refractivity contribution < 1.29 is 0 Å². The fourth-order valence-corrected chi connectivity index (χ4v) is 3.50. The van der Waals surface area contributed by atoms with E-state index in [2.05, 4.69) is 35.3 Å². The quantitative estimate of drug-likeness (QED) is 0.746. The third-order valence-corrected chi connectivity index (χ3v) is 4.62. The highest BCUT2D eigenvalue weighted by atomic mass is 35.5. The zero-order chi connectivity index (χ0) is 13.9. The van der Waals surface area contributed by atoms with Crippen molar-refractivity contribution in [3.05, 3.63) is 59.2 Å². The van der Waals surface area contributed by atoms with Crippen molar-refractivity contribution in [2.45, 2.75) is 16.2 Å². The lowest BCUT2D eigenvalue weighted by Gasteiger charge is -2.07. The van der Waals surface area contributed by atoms with E-state index >= 15 is 0 Å². The van der Waals surface area contributed by atoms with E-state index in [4.69, 9.17) is 17.3 Å². The van der Waals surface area contributed by atoms with E-state index in [0.717, 1.165) is 17.0 Å². The van der Waals surface area contributed by atoms with Crippen LogP contribution in [0, 0.1) is 0 Å². The van der Waals surface area contributed by atoms with Gasteiger partial charge >= 0.3 is 0 Å². The summed E-state index contributed by atoms with van der Waals surface area (Å²) in [6, 6.07) is 14.3. The molecule has 3 aromatic rings. The normalized spacial score (nSPS) is 11.1. The van der Waals surface area contributed by atoms with Gasteiger partial charge in [0.1, 0.15) is 0 Å². The van der Waals surface area contributed by atoms with Gasteiger partial charge in [0.2, 0.25) is 0 Å². The summed E-state index contributed by atoms with van der Waals surface area (Å²) in [5, 5.41) is 1.95. The molecule has 2 nitrogen and oxygen atoms in total. The molecule has 4 heteroatoms. The Morgan fingerprint density at radius 2 is 1.95 bits per heavy atom. The summed E-state index contributed by atoms with van der Waals surface area (Å²) in [6.45, 7) is 0.668. The average molecular weight is 303 g/mol. The van der Waals surface area contributed by atoms with Crippen LogP contribution in [0.15, 0.2) is 58.5 Å². The number of nitrogens with two attached hydrogens (primary N) is 1. The Kier molecular flexibility index (Phi) is 4.01. The van der Waals surface area contributed by atoms with E-state index in [1.807, 2.05) is 18.3 Å². The van der Waals surface area contributed by atoms with Gasteiger partial charge in [-0.15, -0.1) is 0 Å². The van der Waals surface area contributed by atoms with Crippen LogP contribution in [-0.4, -0.2) is 11.5 Å². The first kappa shape index (κ1) is 13.6. The summed E-state index contributed by atoms with van der Waals surface area (Å²) >= 11 is 7.78. The fourth-order valence-electron chi connectivity index (χ4n) is 2.24. The lowest BCUT2D eigenvalue weighted by atomic mass is 10.1. The van der Waals surface area contributed by atoms with Crippen LogP contribution >= 0.6 is 23.4 Å². The van der Waals surface area contributed by atoms with Crippen molar-refractivity contribution >= 4 is 34.3 Å². The van der Waals surface area contributed by atoms with Crippen molar-refractivity contribution in [3.8, 4) is 0 Å². The Hall–Kier alpha value is -1.42. The molecule has 0 aliphatic heterocycles. The number of aromatic amines is 1. The molecule has 0 fully saturated rings. The Morgan fingerprint density at radius 1 is 1.10 bits per heavy atom. The number of benzene rings is 2. The molecule has 0 saturated carbocycles. The maximum absolute atomic E-state index is 6.01. The second kappa shape index (κ2) is 5.92. The van der Waals surface area contributed by atoms with Gasteiger partial charge in [-0.25, -0.2) is 0 Å². The molecule has 0 atom stereocenters. The van der Waals surface area contributed by atoms with Crippen LogP contribution in [-0.2, 0) is 6.42 Å². The van der Waals surface area contributed by atoms with Gasteiger partial charge in [-0.2, -0.15) is 0 Å². The van der Waals surface area contributed by atoms with Gasteiger partial charge in [0, 0.05) is 31.9 Å². The SMILES string of the molecule is NCCc1ccccc1Sc1c[nH]c2cc(Cl)ccc12. The average Bonchev–Trinajstić information content (AvgIpc) is 2.83. The first-order valence-electron chi connectivity index (χ1n) is 6.50. The Morgan fingerprint density at radius 3 is 2.80 bits per heavy atom. The standard InChI is InChI=1S/C16H15ClN2S/c17-12-5-6-13-14(9-12)19-10-16(13)20-15-4-2-1-3-11(15)7-8-18/h1-6,9-10,19H,7-8,18H2. The van der Waals surface area contributed by atoms with Crippen molar-refractivity contribution in [2.24, 2.45) is 5.73 Å². The molecule has 0 aliphatic carbocycles. The fraction of sp³-hybridized carbons (Fsp3) is 0.125. The van der Waals surface area contributed by atoms with Gasteiger partial charge in [-0.3, -0.25) is 0 Å². The van der Waals surface area contributed by atoms with Crippen molar-refractivity contribution in [3.63, 3.8) is 0 Å². The minimum absolute atomic E-state index is 0.668. The molecule has 0 amide bonds. The van der Waals surface area contributed by atoms with E-state index < -0.39 is 0 Å². The number of aromatic nitrogens is 1. The number of rotatable bonds is 4. The second-order valence-corrected chi connectivity index (χ2v) is 6.11. The maximum Gasteiger partial charge on any atom is 0.0480 e. The lowest BCUT2D eigenvalue weighted by molar-refractivity contribution is 0.944. The highest BCUT2D eigenvalue weighted by Crippen LogP contribution is 2.36. The van der Waals surface area contributed by atoms with Gasteiger partial charge in [0.05, 0.1) is 0 Å². The van der Waals surface area contributed by atoms with Gasteiger partial charge in [0.25, 0.3) is 0 Å². The molecular formula is C16H15ClN2S. The Labute approximate surface area is 127 Å². The molecule has 1 heterocycles. The monoisotopic (exact) mass is 302 g/mol. The molecule has 3 N–H and O–H groups in total. The zero-order valence-electron chi connectivity index (χ0n) is 10.9. The van der Waals surface area contributed by atoms with E-state index in [-0.39, 0.29) is 0 Å². The largest absolute Gasteiger partial charge is 0.360 e. The Bertz CT molecular complexity index is 736. The summed E-state index contributed by atoms with van der Waals surface area (Å²) < 4.78 is 0. The van der Waals surface area contributed by atoms with Gasteiger partial charge in [-0.1, -0.05) is 47.6 Å². The molecular weight excluding hydrogens is 288 g/mol. The highest BCUT2D eigenvalue weighted by molar-refractivity contribution is 7.99. The molecule has 2 aromatic carbocycles. The number of hydrogen-bond donors (Lipinski definition) is 2. The smallest absolute Gasteiger partial charge is 0.0480 e. The third kappa shape index (κ3) is 2.70. The van der Waals surface area contributed by atoms with Crippen LogP contribution in [0.5, 0.6) is 0 Å².